The molecule has 3 aromatic carbocycles. The number of rotatable bonds is 6. The van der Waals surface area contributed by atoms with E-state index in [0.29, 0.717) is 23.8 Å². The van der Waals surface area contributed by atoms with Crippen LogP contribution in [-0.2, 0) is 0 Å². The van der Waals surface area contributed by atoms with Gasteiger partial charge < -0.3 is 16.2 Å². The number of phenolic OH excluding ortho intramolecular Hbond substituents is 1. The van der Waals surface area contributed by atoms with Gasteiger partial charge in [-0.2, -0.15) is 0 Å². The van der Waals surface area contributed by atoms with Crippen LogP contribution in [0.25, 0.3) is 33.3 Å². The summed E-state index contributed by atoms with van der Waals surface area (Å²) in [5.74, 6) is 1.31. The van der Waals surface area contributed by atoms with E-state index in [1.807, 2.05) is 30.3 Å². The number of phenols is 1. The van der Waals surface area contributed by atoms with Crippen molar-refractivity contribution in [2.24, 2.45) is 5.73 Å². The van der Waals surface area contributed by atoms with Crippen molar-refractivity contribution in [2.45, 2.75) is 19.4 Å². The first-order chi connectivity index (χ1) is 14.2. The van der Waals surface area contributed by atoms with Gasteiger partial charge in [0.05, 0.1) is 5.56 Å². The van der Waals surface area contributed by atoms with Crippen molar-refractivity contribution >= 4 is 16.6 Å². The summed E-state index contributed by atoms with van der Waals surface area (Å²) >= 11 is 0. The molecule has 0 unspecified atom stereocenters. The lowest BCUT2D eigenvalue weighted by Gasteiger charge is -2.12. The number of fused-ring (bicyclic) bond motifs is 1. The Kier molecular flexibility index (Phi) is 5.40. The van der Waals surface area contributed by atoms with Gasteiger partial charge in [-0.25, -0.2) is 9.97 Å². The minimum Gasteiger partial charge on any atom is -0.507 e. The van der Waals surface area contributed by atoms with Crippen LogP contribution in [0.5, 0.6) is 5.75 Å². The Morgan fingerprint density at radius 1 is 1.00 bits per heavy atom. The van der Waals surface area contributed by atoms with Crippen molar-refractivity contribution in [3.8, 4) is 28.3 Å². The zero-order valence-electron chi connectivity index (χ0n) is 16.3. The van der Waals surface area contributed by atoms with E-state index in [9.17, 15) is 5.11 Å². The van der Waals surface area contributed by atoms with E-state index in [-0.39, 0.29) is 11.8 Å². The van der Waals surface area contributed by atoms with Gasteiger partial charge in [-0.1, -0.05) is 55.5 Å². The monoisotopic (exact) mass is 384 g/mol. The Hall–Kier alpha value is -3.44. The second-order valence-corrected chi connectivity index (χ2v) is 7.07. The SMILES string of the molecule is CC[C@H](N)CNc1ccnc(-c2cc(-c3cccc4ccccc34)ccc2O)n1. The molecule has 1 heterocycles. The summed E-state index contributed by atoms with van der Waals surface area (Å²) in [5.41, 5.74) is 8.68. The summed E-state index contributed by atoms with van der Waals surface area (Å²) in [6.07, 6.45) is 2.57. The molecule has 0 aliphatic carbocycles. The third-order valence-corrected chi connectivity index (χ3v) is 5.06. The lowest BCUT2D eigenvalue weighted by molar-refractivity contribution is 0.477. The van der Waals surface area contributed by atoms with Crippen molar-refractivity contribution in [1.29, 1.82) is 0 Å². The van der Waals surface area contributed by atoms with Gasteiger partial charge in [-0.05, 0) is 46.5 Å². The molecule has 0 amide bonds. The van der Waals surface area contributed by atoms with Crippen LogP contribution in [0.2, 0.25) is 0 Å². The molecule has 5 nitrogen and oxygen atoms in total. The van der Waals surface area contributed by atoms with Crippen LogP contribution in [0, 0.1) is 0 Å². The van der Waals surface area contributed by atoms with Crippen molar-refractivity contribution < 1.29 is 5.11 Å². The molecule has 4 N–H and O–H groups in total. The summed E-state index contributed by atoms with van der Waals surface area (Å²) in [6, 6.07) is 21.9. The van der Waals surface area contributed by atoms with Gasteiger partial charge in [0.1, 0.15) is 11.6 Å². The summed E-state index contributed by atoms with van der Waals surface area (Å²) < 4.78 is 0. The number of anilines is 1. The van der Waals surface area contributed by atoms with Crippen molar-refractivity contribution in [1.82, 2.24) is 9.97 Å². The molecule has 4 rings (SSSR count). The van der Waals surface area contributed by atoms with Crippen LogP contribution in [0.1, 0.15) is 13.3 Å². The molecule has 0 fully saturated rings. The number of hydrogen-bond acceptors (Lipinski definition) is 5. The summed E-state index contributed by atoms with van der Waals surface area (Å²) in [7, 11) is 0. The molecule has 146 valence electrons. The molecule has 29 heavy (non-hydrogen) atoms. The van der Waals surface area contributed by atoms with Gasteiger partial charge in [-0.3, -0.25) is 0 Å². The number of nitrogens with two attached hydrogens (primary N) is 1. The average Bonchev–Trinajstić information content (AvgIpc) is 2.77. The van der Waals surface area contributed by atoms with E-state index in [1.54, 1.807) is 18.3 Å². The number of aromatic nitrogens is 2. The van der Waals surface area contributed by atoms with Crippen LogP contribution >= 0.6 is 0 Å². The Bertz CT molecular complexity index is 1140. The highest BCUT2D eigenvalue weighted by Crippen LogP contribution is 2.35. The molecule has 0 aliphatic rings. The molecule has 0 radical (unpaired) electrons. The Morgan fingerprint density at radius 2 is 1.83 bits per heavy atom. The van der Waals surface area contributed by atoms with Gasteiger partial charge in [0.25, 0.3) is 0 Å². The van der Waals surface area contributed by atoms with Crippen molar-refractivity contribution in [3.05, 3.63) is 72.9 Å². The van der Waals surface area contributed by atoms with Crippen LogP contribution in [0.3, 0.4) is 0 Å². The van der Waals surface area contributed by atoms with Crippen LogP contribution in [0.4, 0.5) is 5.82 Å². The number of aromatic hydroxyl groups is 1. The van der Waals surface area contributed by atoms with Gasteiger partial charge in [0, 0.05) is 18.8 Å². The lowest BCUT2D eigenvalue weighted by atomic mass is 9.96. The van der Waals surface area contributed by atoms with Gasteiger partial charge >= 0.3 is 0 Å². The smallest absolute Gasteiger partial charge is 0.165 e. The molecule has 0 saturated carbocycles. The molecule has 0 spiro atoms. The number of benzene rings is 3. The van der Waals surface area contributed by atoms with Gasteiger partial charge in [-0.15, -0.1) is 0 Å². The molecule has 0 aliphatic heterocycles. The van der Waals surface area contributed by atoms with Crippen LogP contribution in [0.15, 0.2) is 72.9 Å². The van der Waals surface area contributed by atoms with E-state index in [1.165, 1.54) is 5.39 Å². The topological polar surface area (TPSA) is 84.1 Å². The van der Waals surface area contributed by atoms with Crippen LogP contribution in [-0.4, -0.2) is 27.7 Å². The van der Waals surface area contributed by atoms with Gasteiger partial charge in [0.15, 0.2) is 5.82 Å². The molecule has 1 atom stereocenters. The standard InChI is InChI=1S/C24H24N4O/c1-2-18(25)15-27-23-12-13-26-24(28-23)21-14-17(10-11-22(21)29)20-9-5-7-16-6-3-4-8-19(16)20/h3-14,18,29H,2,15,25H2,1H3,(H,26,27,28)/t18-/m0/s1. The quantitative estimate of drug-likeness (QED) is 0.444. The first-order valence-electron chi connectivity index (χ1n) is 9.79. The largest absolute Gasteiger partial charge is 0.507 e. The maximum Gasteiger partial charge on any atom is 0.165 e. The second-order valence-electron chi connectivity index (χ2n) is 7.07. The highest BCUT2D eigenvalue weighted by Gasteiger charge is 2.12. The Morgan fingerprint density at radius 3 is 2.69 bits per heavy atom. The minimum atomic E-state index is 0.0662. The van der Waals surface area contributed by atoms with E-state index in [0.717, 1.165) is 22.9 Å². The summed E-state index contributed by atoms with van der Waals surface area (Å²) in [4.78, 5) is 8.94. The van der Waals surface area contributed by atoms with Gasteiger partial charge in [0.2, 0.25) is 0 Å². The van der Waals surface area contributed by atoms with E-state index in [2.05, 4.69) is 46.5 Å². The normalized spacial score (nSPS) is 12.1. The Labute approximate surface area is 170 Å². The fraction of sp³-hybridized carbons (Fsp3) is 0.167. The fourth-order valence-corrected chi connectivity index (χ4v) is 3.33. The Balaban J connectivity index is 1.73. The molecular formula is C24H24N4O. The molecular weight excluding hydrogens is 360 g/mol. The number of nitrogens with zero attached hydrogens (tertiary/aromatic N) is 2. The average molecular weight is 384 g/mol. The maximum absolute atomic E-state index is 10.5. The second kappa shape index (κ2) is 8.29. The van der Waals surface area contributed by atoms with Crippen LogP contribution < -0.4 is 11.1 Å². The zero-order valence-corrected chi connectivity index (χ0v) is 16.3. The van der Waals surface area contributed by atoms with Crippen molar-refractivity contribution in [2.75, 3.05) is 11.9 Å². The number of nitrogens with one attached hydrogen (secondary N) is 1. The van der Waals surface area contributed by atoms with E-state index < -0.39 is 0 Å². The zero-order chi connectivity index (χ0) is 20.2. The van der Waals surface area contributed by atoms with E-state index >= 15 is 0 Å². The maximum atomic E-state index is 10.5. The van der Waals surface area contributed by atoms with E-state index in [4.69, 9.17) is 5.73 Å². The predicted molar refractivity (Wildman–Crippen MR) is 119 cm³/mol. The summed E-state index contributed by atoms with van der Waals surface area (Å²) in [5, 5.41) is 16.1. The lowest BCUT2D eigenvalue weighted by Crippen LogP contribution is -2.28. The first kappa shape index (κ1) is 18.9. The highest BCUT2D eigenvalue weighted by atomic mass is 16.3. The van der Waals surface area contributed by atoms with Crippen molar-refractivity contribution in [3.63, 3.8) is 0 Å². The molecule has 0 saturated heterocycles. The molecule has 1 aromatic heterocycles. The third kappa shape index (κ3) is 4.05. The molecule has 0 bridgehead atoms. The predicted octanol–water partition coefficient (Wildman–Crippen LogP) is 4.82. The highest BCUT2D eigenvalue weighted by molar-refractivity contribution is 5.97. The molecule has 5 heteroatoms. The number of hydrogen-bond donors (Lipinski definition) is 3. The fourth-order valence-electron chi connectivity index (χ4n) is 3.33. The molecule has 4 aromatic rings. The summed E-state index contributed by atoms with van der Waals surface area (Å²) in [6.45, 7) is 2.68. The minimum absolute atomic E-state index is 0.0662. The first-order valence-corrected chi connectivity index (χ1v) is 9.79. The third-order valence-electron chi connectivity index (χ3n) is 5.06.